The summed E-state index contributed by atoms with van der Waals surface area (Å²) >= 11 is 0. The second-order valence-electron chi connectivity index (χ2n) is 5.24. The van der Waals surface area contributed by atoms with E-state index in [1.54, 1.807) is 29.2 Å². The molecule has 6 heteroatoms. The lowest BCUT2D eigenvalue weighted by atomic mass is 10.2. The first-order valence-corrected chi connectivity index (χ1v) is 7.63. The van der Waals surface area contributed by atoms with Crippen LogP contribution in [0.3, 0.4) is 0 Å². The number of methoxy groups -OCH3 is 1. The topological polar surface area (TPSA) is 67.9 Å². The molecule has 0 atom stereocenters. The molecule has 0 aliphatic carbocycles. The molecule has 0 bridgehead atoms. The Morgan fingerprint density at radius 3 is 2.70 bits per heavy atom. The zero-order chi connectivity index (χ0) is 16.7. The quantitative estimate of drug-likeness (QED) is 0.776. The van der Waals surface area contributed by atoms with E-state index in [2.05, 4.69) is 11.9 Å². The van der Waals surface area contributed by atoms with Gasteiger partial charge in [0.15, 0.2) is 11.5 Å². The van der Waals surface area contributed by atoms with Crippen molar-refractivity contribution in [1.82, 2.24) is 10.2 Å². The Morgan fingerprint density at radius 2 is 2.04 bits per heavy atom. The van der Waals surface area contributed by atoms with E-state index in [1.807, 2.05) is 0 Å². The molecule has 1 aliphatic heterocycles. The number of nitrogens with one attached hydrogen (secondary N) is 1. The van der Waals surface area contributed by atoms with Crippen molar-refractivity contribution in [3.05, 3.63) is 36.4 Å². The van der Waals surface area contributed by atoms with Gasteiger partial charge in [-0.2, -0.15) is 0 Å². The Hall–Kier alpha value is -2.50. The molecule has 23 heavy (non-hydrogen) atoms. The average Bonchev–Trinajstić information content (AvgIpc) is 3.12. The van der Waals surface area contributed by atoms with E-state index in [4.69, 9.17) is 9.47 Å². The van der Waals surface area contributed by atoms with Crippen LogP contribution in [0.4, 0.5) is 0 Å². The van der Waals surface area contributed by atoms with Gasteiger partial charge in [0.05, 0.1) is 13.7 Å². The minimum atomic E-state index is -0.314. The molecule has 124 valence electrons. The third-order valence-corrected chi connectivity index (χ3v) is 3.64. The number of carbonyl (C=O) groups is 2. The zero-order valence-electron chi connectivity index (χ0n) is 13.3. The van der Waals surface area contributed by atoms with Crippen LogP contribution >= 0.6 is 0 Å². The Kier molecular flexibility index (Phi) is 6.02. The standard InChI is InChI=1S/C17H22N2O4/c1-3-10-23-14-7-6-13(11-15(14)22-2)17(21)18-12-16(20)19-8-4-5-9-19/h3,6-7,11H,1,4-5,8-10,12H2,2H3,(H,18,21). The maximum atomic E-state index is 12.2. The van der Waals surface area contributed by atoms with Gasteiger partial charge in [-0.3, -0.25) is 9.59 Å². The Balaban J connectivity index is 1.95. The van der Waals surface area contributed by atoms with Gasteiger partial charge in [0.2, 0.25) is 5.91 Å². The van der Waals surface area contributed by atoms with Crippen molar-refractivity contribution in [2.45, 2.75) is 12.8 Å². The fourth-order valence-corrected chi connectivity index (χ4v) is 2.41. The number of hydrogen-bond acceptors (Lipinski definition) is 4. The van der Waals surface area contributed by atoms with Gasteiger partial charge in [-0.15, -0.1) is 0 Å². The lowest BCUT2D eigenvalue weighted by Gasteiger charge is -2.15. The number of benzene rings is 1. The Bertz CT molecular complexity index is 580. The fraction of sp³-hybridized carbons (Fsp3) is 0.412. The van der Waals surface area contributed by atoms with Gasteiger partial charge in [0.1, 0.15) is 6.61 Å². The summed E-state index contributed by atoms with van der Waals surface area (Å²) in [6.07, 6.45) is 3.69. The number of hydrogen-bond donors (Lipinski definition) is 1. The molecule has 1 aliphatic rings. The summed E-state index contributed by atoms with van der Waals surface area (Å²) in [5.41, 5.74) is 0.419. The van der Waals surface area contributed by atoms with Gasteiger partial charge >= 0.3 is 0 Å². The molecule has 1 heterocycles. The van der Waals surface area contributed by atoms with E-state index in [1.165, 1.54) is 7.11 Å². The summed E-state index contributed by atoms with van der Waals surface area (Å²) in [5, 5.41) is 2.65. The highest BCUT2D eigenvalue weighted by Crippen LogP contribution is 2.28. The van der Waals surface area contributed by atoms with Crippen LogP contribution in [0.5, 0.6) is 11.5 Å². The Labute approximate surface area is 136 Å². The van der Waals surface area contributed by atoms with Crippen LogP contribution in [0.1, 0.15) is 23.2 Å². The molecular weight excluding hydrogens is 296 g/mol. The normalized spacial score (nSPS) is 13.5. The molecule has 2 amide bonds. The van der Waals surface area contributed by atoms with Crippen LogP contribution in [0.15, 0.2) is 30.9 Å². The summed E-state index contributed by atoms with van der Waals surface area (Å²) < 4.78 is 10.7. The Morgan fingerprint density at radius 1 is 1.30 bits per heavy atom. The SMILES string of the molecule is C=CCOc1ccc(C(=O)NCC(=O)N2CCCC2)cc1OC. The first kappa shape index (κ1) is 16.9. The smallest absolute Gasteiger partial charge is 0.251 e. The van der Waals surface area contributed by atoms with Crippen molar-refractivity contribution in [1.29, 1.82) is 0 Å². The number of likely N-dealkylation sites (tertiary alicyclic amines) is 1. The first-order chi connectivity index (χ1) is 11.2. The van der Waals surface area contributed by atoms with Crippen LogP contribution in [0.25, 0.3) is 0 Å². The third-order valence-electron chi connectivity index (χ3n) is 3.64. The highest BCUT2D eigenvalue weighted by atomic mass is 16.5. The zero-order valence-corrected chi connectivity index (χ0v) is 13.3. The molecule has 0 unspecified atom stereocenters. The highest BCUT2D eigenvalue weighted by Gasteiger charge is 2.19. The second-order valence-corrected chi connectivity index (χ2v) is 5.24. The third kappa shape index (κ3) is 4.48. The van der Waals surface area contributed by atoms with Gasteiger partial charge < -0.3 is 19.7 Å². The van der Waals surface area contributed by atoms with E-state index in [-0.39, 0.29) is 18.4 Å². The average molecular weight is 318 g/mol. The number of ether oxygens (including phenoxy) is 2. The molecule has 2 rings (SSSR count). The molecule has 0 radical (unpaired) electrons. The molecule has 1 saturated heterocycles. The molecular formula is C17H22N2O4. The van der Waals surface area contributed by atoms with E-state index >= 15 is 0 Å². The fourth-order valence-electron chi connectivity index (χ4n) is 2.41. The number of rotatable bonds is 7. The maximum Gasteiger partial charge on any atom is 0.251 e. The largest absolute Gasteiger partial charge is 0.493 e. The van der Waals surface area contributed by atoms with Crippen molar-refractivity contribution < 1.29 is 19.1 Å². The highest BCUT2D eigenvalue weighted by molar-refractivity contribution is 5.97. The molecule has 1 N–H and O–H groups in total. The van der Waals surface area contributed by atoms with Crippen molar-refractivity contribution in [3.8, 4) is 11.5 Å². The second kappa shape index (κ2) is 8.22. The van der Waals surface area contributed by atoms with Crippen LogP contribution in [-0.2, 0) is 4.79 Å². The van der Waals surface area contributed by atoms with Gasteiger partial charge in [0, 0.05) is 18.7 Å². The van der Waals surface area contributed by atoms with Gasteiger partial charge in [-0.05, 0) is 31.0 Å². The molecule has 1 aromatic carbocycles. The first-order valence-electron chi connectivity index (χ1n) is 7.63. The van der Waals surface area contributed by atoms with E-state index in [9.17, 15) is 9.59 Å². The van der Waals surface area contributed by atoms with Crippen molar-refractivity contribution >= 4 is 11.8 Å². The monoisotopic (exact) mass is 318 g/mol. The molecule has 1 fully saturated rings. The minimum absolute atomic E-state index is 0.00979. The lowest BCUT2D eigenvalue weighted by molar-refractivity contribution is -0.129. The molecule has 1 aromatic rings. The summed E-state index contributed by atoms with van der Waals surface area (Å²) in [7, 11) is 1.51. The summed E-state index contributed by atoms with van der Waals surface area (Å²) in [5.74, 6) is 0.641. The predicted molar refractivity (Wildman–Crippen MR) is 86.8 cm³/mol. The molecule has 0 spiro atoms. The number of amides is 2. The van der Waals surface area contributed by atoms with Crippen LogP contribution in [-0.4, -0.2) is 50.1 Å². The number of carbonyl (C=O) groups excluding carboxylic acids is 2. The van der Waals surface area contributed by atoms with Gasteiger partial charge in [-0.1, -0.05) is 12.7 Å². The van der Waals surface area contributed by atoms with E-state index in [0.717, 1.165) is 25.9 Å². The number of nitrogens with zero attached hydrogens (tertiary/aromatic N) is 1. The maximum absolute atomic E-state index is 12.2. The van der Waals surface area contributed by atoms with Crippen molar-refractivity contribution in [3.63, 3.8) is 0 Å². The lowest BCUT2D eigenvalue weighted by Crippen LogP contribution is -2.38. The van der Waals surface area contributed by atoms with Crippen LogP contribution < -0.4 is 14.8 Å². The van der Waals surface area contributed by atoms with Crippen LogP contribution in [0, 0.1) is 0 Å². The summed E-state index contributed by atoms with van der Waals surface area (Å²) in [6.45, 7) is 5.50. The molecule has 0 aromatic heterocycles. The van der Waals surface area contributed by atoms with Crippen LogP contribution in [0.2, 0.25) is 0 Å². The van der Waals surface area contributed by atoms with E-state index in [0.29, 0.717) is 23.7 Å². The minimum Gasteiger partial charge on any atom is -0.493 e. The predicted octanol–water partition coefficient (Wildman–Crippen LogP) is 1.61. The molecule has 0 saturated carbocycles. The summed E-state index contributed by atoms with van der Waals surface area (Å²) in [4.78, 5) is 25.9. The van der Waals surface area contributed by atoms with Crippen molar-refractivity contribution in [2.75, 3.05) is 33.4 Å². The van der Waals surface area contributed by atoms with Crippen molar-refractivity contribution in [2.24, 2.45) is 0 Å². The van der Waals surface area contributed by atoms with Gasteiger partial charge in [-0.25, -0.2) is 0 Å². The van der Waals surface area contributed by atoms with E-state index < -0.39 is 0 Å². The van der Waals surface area contributed by atoms with Gasteiger partial charge in [0.25, 0.3) is 5.91 Å². The molecule has 6 nitrogen and oxygen atoms in total. The summed E-state index contributed by atoms with van der Waals surface area (Å²) in [6, 6.07) is 4.89.